The number of rotatable bonds is 6. The minimum Gasteiger partial charge on any atom is -0.467 e. The second-order valence-electron chi connectivity index (χ2n) is 3.40. The van der Waals surface area contributed by atoms with E-state index in [1.54, 1.807) is 0 Å². The predicted octanol–water partition coefficient (Wildman–Crippen LogP) is 3.42. The summed E-state index contributed by atoms with van der Waals surface area (Å²) in [6.45, 7) is -0.0940. The van der Waals surface area contributed by atoms with Crippen LogP contribution >= 0.6 is 11.8 Å². The monoisotopic (exact) mass is 281 g/mol. The molecule has 0 spiro atoms. The zero-order valence-electron chi connectivity index (χ0n) is 10.0. The summed E-state index contributed by atoms with van der Waals surface area (Å²) in [6, 6.07) is 3.50. The Balaban J connectivity index is 2.96. The van der Waals surface area contributed by atoms with Gasteiger partial charge < -0.3 is 14.8 Å². The molecule has 3 nitrogen and oxygen atoms in total. The van der Waals surface area contributed by atoms with Gasteiger partial charge in [-0.25, -0.2) is 0 Å². The van der Waals surface area contributed by atoms with Crippen LogP contribution in [0, 0.1) is 0 Å². The van der Waals surface area contributed by atoms with E-state index in [0.29, 0.717) is 11.6 Å². The Morgan fingerprint density at radius 1 is 1.28 bits per heavy atom. The van der Waals surface area contributed by atoms with Gasteiger partial charge in [0, 0.05) is 18.9 Å². The topological polar surface area (TPSA) is 30.5 Å². The van der Waals surface area contributed by atoms with Crippen LogP contribution in [0.25, 0.3) is 0 Å². The first-order chi connectivity index (χ1) is 8.47. The van der Waals surface area contributed by atoms with E-state index in [1.807, 2.05) is 6.26 Å². The lowest BCUT2D eigenvalue weighted by Crippen LogP contribution is -2.08. The molecule has 1 aromatic carbocycles. The molecular formula is C11H14F3NO2S. The average molecular weight is 281 g/mol. The van der Waals surface area contributed by atoms with E-state index in [1.165, 1.54) is 24.9 Å². The zero-order chi connectivity index (χ0) is 13.6. The van der Waals surface area contributed by atoms with Gasteiger partial charge in [0.25, 0.3) is 0 Å². The molecule has 102 valence electrons. The van der Waals surface area contributed by atoms with Crippen LogP contribution < -0.4 is 10.1 Å². The molecule has 1 rings (SSSR count). The molecule has 0 heterocycles. The second kappa shape index (κ2) is 6.75. The van der Waals surface area contributed by atoms with Crippen LogP contribution in [0.4, 0.5) is 18.9 Å². The van der Waals surface area contributed by atoms with Gasteiger partial charge in [-0.05, 0) is 18.4 Å². The second-order valence-corrected chi connectivity index (χ2v) is 4.27. The summed E-state index contributed by atoms with van der Waals surface area (Å²) in [6.07, 6.45) is -2.55. The maximum atomic E-state index is 12.7. The van der Waals surface area contributed by atoms with Crippen molar-refractivity contribution in [2.45, 2.75) is 6.18 Å². The van der Waals surface area contributed by atoms with Crippen molar-refractivity contribution in [2.75, 3.05) is 31.4 Å². The minimum absolute atomic E-state index is 0.0940. The van der Waals surface area contributed by atoms with Gasteiger partial charge in [-0.2, -0.15) is 13.2 Å². The first-order valence-corrected chi connectivity index (χ1v) is 6.43. The van der Waals surface area contributed by atoms with Crippen molar-refractivity contribution in [3.63, 3.8) is 0 Å². The van der Waals surface area contributed by atoms with Crippen LogP contribution in [-0.2, 0) is 10.9 Å². The third kappa shape index (κ3) is 4.66. The fourth-order valence-corrected chi connectivity index (χ4v) is 1.54. The van der Waals surface area contributed by atoms with Crippen molar-refractivity contribution in [3.05, 3.63) is 23.8 Å². The molecule has 0 radical (unpaired) electrons. The summed E-state index contributed by atoms with van der Waals surface area (Å²) < 4.78 is 47.7. The molecule has 0 aliphatic carbocycles. The Morgan fingerprint density at radius 2 is 2.00 bits per heavy atom. The molecule has 0 saturated carbocycles. The minimum atomic E-state index is -4.40. The van der Waals surface area contributed by atoms with Crippen molar-refractivity contribution >= 4 is 17.4 Å². The number of halogens is 3. The first kappa shape index (κ1) is 15.0. The summed E-state index contributed by atoms with van der Waals surface area (Å²) in [5.74, 6) is 0.640. The number of ether oxygens (including phenoxy) is 2. The van der Waals surface area contributed by atoms with Crippen molar-refractivity contribution in [2.24, 2.45) is 0 Å². The fraction of sp³-hybridized carbons (Fsp3) is 0.455. The van der Waals surface area contributed by atoms with Gasteiger partial charge in [0.05, 0.1) is 11.4 Å². The van der Waals surface area contributed by atoms with Gasteiger partial charge in [-0.1, -0.05) is 0 Å². The van der Waals surface area contributed by atoms with Crippen molar-refractivity contribution in [1.82, 2.24) is 0 Å². The Hall–Kier alpha value is -1.08. The van der Waals surface area contributed by atoms with Gasteiger partial charge in [-0.15, -0.1) is 11.8 Å². The van der Waals surface area contributed by atoms with E-state index < -0.39 is 11.7 Å². The molecule has 18 heavy (non-hydrogen) atoms. The maximum Gasteiger partial charge on any atom is 0.416 e. The molecule has 0 amide bonds. The zero-order valence-corrected chi connectivity index (χ0v) is 10.8. The largest absolute Gasteiger partial charge is 0.467 e. The molecule has 0 saturated heterocycles. The van der Waals surface area contributed by atoms with Gasteiger partial charge in [0.15, 0.2) is 6.79 Å². The van der Waals surface area contributed by atoms with E-state index in [4.69, 9.17) is 4.74 Å². The number of nitrogens with one attached hydrogen (secondary N) is 1. The Morgan fingerprint density at radius 3 is 2.56 bits per heavy atom. The molecule has 1 N–H and O–H groups in total. The third-order valence-corrected chi connectivity index (χ3v) is 2.43. The molecule has 0 unspecified atom stereocenters. The van der Waals surface area contributed by atoms with Crippen LogP contribution in [-0.4, -0.2) is 26.0 Å². The summed E-state index contributed by atoms with van der Waals surface area (Å²) >= 11 is 1.48. The van der Waals surface area contributed by atoms with Crippen LogP contribution in [0.2, 0.25) is 0 Å². The van der Waals surface area contributed by atoms with Crippen LogP contribution in [0.5, 0.6) is 5.75 Å². The molecule has 0 aliphatic heterocycles. The molecule has 0 bridgehead atoms. The molecule has 0 fully saturated rings. The van der Waals surface area contributed by atoms with E-state index in [0.717, 1.165) is 12.1 Å². The fourth-order valence-electron chi connectivity index (χ4n) is 1.23. The molecule has 7 heteroatoms. The van der Waals surface area contributed by atoms with Crippen LogP contribution in [0.1, 0.15) is 5.56 Å². The number of thioether (sulfide) groups is 1. The lowest BCUT2D eigenvalue weighted by atomic mass is 10.2. The van der Waals surface area contributed by atoms with Crippen LogP contribution in [0.3, 0.4) is 0 Å². The third-order valence-electron chi connectivity index (χ3n) is 2.00. The van der Waals surface area contributed by atoms with Crippen molar-refractivity contribution in [3.8, 4) is 5.75 Å². The molecule has 0 atom stereocenters. The predicted molar refractivity (Wildman–Crippen MR) is 66.0 cm³/mol. The smallest absolute Gasteiger partial charge is 0.416 e. The van der Waals surface area contributed by atoms with Crippen molar-refractivity contribution in [1.29, 1.82) is 0 Å². The van der Waals surface area contributed by atoms with E-state index >= 15 is 0 Å². The molecule has 1 aromatic rings. The molecular weight excluding hydrogens is 267 g/mol. The first-order valence-electron chi connectivity index (χ1n) is 5.04. The highest BCUT2D eigenvalue weighted by Crippen LogP contribution is 2.34. The lowest BCUT2D eigenvalue weighted by molar-refractivity contribution is -0.137. The van der Waals surface area contributed by atoms with E-state index in [2.05, 4.69) is 10.1 Å². The Labute approximate surface area is 108 Å². The van der Waals surface area contributed by atoms with Crippen molar-refractivity contribution < 1.29 is 22.6 Å². The highest BCUT2D eigenvalue weighted by atomic mass is 32.2. The quantitative estimate of drug-likeness (QED) is 0.809. The number of methoxy groups -OCH3 is 1. The number of alkyl halides is 3. The maximum absolute atomic E-state index is 12.7. The van der Waals surface area contributed by atoms with Crippen LogP contribution in [0.15, 0.2) is 18.2 Å². The Bertz CT molecular complexity index is 359. The lowest BCUT2D eigenvalue weighted by Gasteiger charge is -2.13. The average Bonchev–Trinajstić information content (AvgIpc) is 2.32. The normalized spacial score (nSPS) is 11.4. The summed E-state index contributed by atoms with van der Waals surface area (Å²) in [7, 11) is 1.40. The molecule has 0 aromatic heterocycles. The Kier molecular flexibility index (Phi) is 5.61. The number of anilines is 1. The molecule has 0 aliphatic rings. The van der Waals surface area contributed by atoms with Gasteiger partial charge in [-0.3, -0.25) is 0 Å². The standard InChI is InChI=1S/C11H14F3NO2S/c1-16-7-17-10-4-8(11(12,13)14)3-9(5-10)15-6-18-2/h3-5,15H,6-7H2,1-2H3. The summed E-state index contributed by atoms with van der Waals surface area (Å²) in [4.78, 5) is 0. The SMILES string of the molecule is COCOc1cc(NCSC)cc(C(F)(F)F)c1. The van der Waals surface area contributed by atoms with Gasteiger partial charge in [0.1, 0.15) is 5.75 Å². The highest BCUT2D eigenvalue weighted by Gasteiger charge is 2.31. The summed E-state index contributed by atoms with van der Waals surface area (Å²) in [5, 5.41) is 2.87. The van der Waals surface area contributed by atoms with Gasteiger partial charge in [0.2, 0.25) is 0 Å². The number of hydrogen-bond acceptors (Lipinski definition) is 4. The van der Waals surface area contributed by atoms with Gasteiger partial charge >= 0.3 is 6.18 Å². The van der Waals surface area contributed by atoms with E-state index in [9.17, 15) is 13.2 Å². The number of benzene rings is 1. The highest BCUT2D eigenvalue weighted by molar-refractivity contribution is 7.98. The summed E-state index contributed by atoms with van der Waals surface area (Å²) in [5.41, 5.74) is -0.384. The number of hydrogen-bond donors (Lipinski definition) is 1. The van der Waals surface area contributed by atoms with E-state index in [-0.39, 0.29) is 12.5 Å².